The average Bonchev–Trinajstić information content (AvgIpc) is 2.83. The molecule has 2 aromatic rings. The van der Waals surface area contributed by atoms with Crippen LogP contribution in [0.4, 0.5) is 5.69 Å². The lowest BCUT2D eigenvalue weighted by Crippen LogP contribution is -2.25. The summed E-state index contributed by atoms with van der Waals surface area (Å²) < 4.78 is 28.8. The standard InChI is InChI=1S/C12H17N5O2S/c1-3-14-11-5-6-13-9-12(11)20(18,19)16-8-10-4-7-15-17(10)2/h4-7,9,16H,3,8H2,1-2H3,(H,13,14). The van der Waals surface area contributed by atoms with E-state index >= 15 is 0 Å². The molecule has 0 aliphatic rings. The predicted octanol–water partition coefficient (Wildman–Crippen LogP) is 0.725. The number of rotatable bonds is 6. The van der Waals surface area contributed by atoms with E-state index in [1.165, 1.54) is 6.20 Å². The Balaban J connectivity index is 2.20. The summed E-state index contributed by atoms with van der Waals surface area (Å²) in [7, 11) is -1.86. The first-order valence-corrected chi connectivity index (χ1v) is 7.67. The molecule has 2 heterocycles. The molecule has 0 spiro atoms. The Morgan fingerprint density at radius 1 is 1.30 bits per heavy atom. The van der Waals surface area contributed by atoms with Gasteiger partial charge in [-0.1, -0.05) is 0 Å². The molecule has 0 amide bonds. The van der Waals surface area contributed by atoms with Gasteiger partial charge in [-0.25, -0.2) is 13.1 Å². The fourth-order valence-electron chi connectivity index (χ4n) is 1.75. The van der Waals surface area contributed by atoms with Crippen LogP contribution in [0.1, 0.15) is 12.6 Å². The van der Waals surface area contributed by atoms with Crippen LogP contribution in [0.25, 0.3) is 0 Å². The third kappa shape index (κ3) is 3.14. The Labute approximate surface area is 118 Å². The molecular weight excluding hydrogens is 278 g/mol. The van der Waals surface area contributed by atoms with Crippen molar-refractivity contribution in [3.8, 4) is 0 Å². The largest absolute Gasteiger partial charge is 0.384 e. The van der Waals surface area contributed by atoms with Crippen LogP contribution in [0.3, 0.4) is 0 Å². The number of pyridine rings is 1. The molecule has 8 heteroatoms. The van der Waals surface area contributed by atoms with E-state index in [1.807, 2.05) is 6.92 Å². The first-order chi connectivity index (χ1) is 9.54. The third-order valence-electron chi connectivity index (χ3n) is 2.81. The highest BCUT2D eigenvalue weighted by Gasteiger charge is 2.18. The van der Waals surface area contributed by atoms with Crippen LogP contribution in [0.5, 0.6) is 0 Å². The number of nitrogens with zero attached hydrogens (tertiary/aromatic N) is 3. The van der Waals surface area contributed by atoms with Gasteiger partial charge >= 0.3 is 0 Å². The van der Waals surface area contributed by atoms with Crippen molar-refractivity contribution in [2.75, 3.05) is 11.9 Å². The monoisotopic (exact) mass is 295 g/mol. The molecule has 2 N–H and O–H groups in total. The maximum absolute atomic E-state index is 12.3. The Hall–Kier alpha value is -1.93. The van der Waals surface area contributed by atoms with Gasteiger partial charge in [-0.3, -0.25) is 9.67 Å². The van der Waals surface area contributed by atoms with Crippen molar-refractivity contribution in [3.63, 3.8) is 0 Å². The van der Waals surface area contributed by atoms with Crippen molar-refractivity contribution in [3.05, 3.63) is 36.4 Å². The molecule has 0 aliphatic carbocycles. The Morgan fingerprint density at radius 3 is 2.75 bits per heavy atom. The Morgan fingerprint density at radius 2 is 2.10 bits per heavy atom. The van der Waals surface area contributed by atoms with Gasteiger partial charge in [0.05, 0.1) is 17.9 Å². The second-order valence-corrected chi connectivity index (χ2v) is 5.91. The van der Waals surface area contributed by atoms with Crippen LogP contribution in [0.15, 0.2) is 35.6 Å². The minimum Gasteiger partial charge on any atom is -0.384 e. The second-order valence-electron chi connectivity index (χ2n) is 4.17. The number of aryl methyl sites for hydroxylation is 1. The second kappa shape index (κ2) is 6.02. The summed E-state index contributed by atoms with van der Waals surface area (Å²) in [5.74, 6) is 0. The normalized spacial score (nSPS) is 11.5. The molecule has 0 fully saturated rings. The summed E-state index contributed by atoms with van der Waals surface area (Å²) in [4.78, 5) is 4.02. The number of nitrogens with one attached hydrogen (secondary N) is 2. The van der Waals surface area contributed by atoms with E-state index < -0.39 is 10.0 Å². The van der Waals surface area contributed by atoms with Crippen molar-refractivity contribution in [2.24, 2.45) is 7.05 Å². The number of aromatic nitrogens is 3. The minimum absolute atomic E-state index is 0.143. The van der Waals surface area contributed by atoms with Crippen LogP contribution in [0, 0.1) is 0 Å². The van der Waals surface area contributed by atoms with E-state index in [0.29, 0.717) is 12.2 Å². The molecule has 7 nitrogen and oxygen atoms in total. The van der Waals surface area contributed by atoms with E-state index in [-0.39, 0.29) is 11.4 Å². The molecule has 0 aliphatic heterocycles. The summed E-state index contributed by atoms with van der Waals surface area (Å²) in [6.07, 6.45) is 4.51. The lowest BCUT2D eigenvalue weighted by atomic mass is 10.4. The summed E-state index contributed by atoms with van der Waals surface area (Å²) in [5, 5.41) is 7.00. The van der Waals surface area contributed by atoms with E-state index in [9.17, 15) is 8.42 Å². The van der Waals surface area contributed by atoms with Crippen LogP contribution < -0.4 is 10.0 Å². The van der Waals surface area contributed by atoms with Gasteiger partial charge in [-0.15, -0.1) is 0 Å². The maximum Gasteiger partial charge on any atom is 0.244 e. The number of anilines is 1. The third-order valence-corrected chi connectivity index (χ3v) is 4.24. The Bertz CT molecular complexity index is 681. The SMILES string of the molecule is CCNc1ccncc1S(=O)(=O)NCc1ccnn1C. The van der Waals surface area contributed by atoms with Gasteiger partial charge < -0.3 is 5.32 Å². The molecule has 2 aromatic heterocycles. The summed E-state index contributed by atoms with van der Waals surface area (Å²) in [5.41, 5.74) is 1.32. The van der Waals surface area contributed by atoms with Crippen molar-refractivity contribution >= 4 is 15.7 Å². The van der Waals surface area contributed by atoms with Crippen molar-refractivity contribution < 1.29 is 8.42 Å². The zero-order chi connectivity index (χ0) is 14.6. The zero-order valence-electron chi connectivity index (χ0n) is 11.4. The van der Waals surface area contributed by atoms with Crippen LogP contribution in [-0.4, -0.2) is 29.7 Å². The van der Waals surface area contributed by atoms with Gasteiger partial charge in [0.2, 0.25) is 10.0 Å². The van der Waals surface area contributed by atoms with Gasteiger partial charge in [0, 0.05) is 32.2 Å². The molecule has 0 bridgehead atoms. The quantitative estimate of drug-likeness (QED) is 0.820. The van der Waals surface area contributed by atoms with E-state index in [4.69, 9.17) is 0 Å². The summed E-state index contributed by atoms with van der Waals surface area (Å²) in [6, 6.07) is 3.40. The fourth-order valence-corrected chi connectivity index (χ4v) is 2.87. The molecule has 0 unspecified atom stereocenters. The highest BCUT2D eigenvalue weighted by molar-refractivity contribution is 7.89. The molecule has 108 valence electrons. The highest BCUT2D eigenvalue weighted by atomic mass is 32.2. The van der Waals surface area contributed by atoms with Gasteiger partial charge in [-0.2, -0.15) is 5.10 Å². The number of hydrogen-bond acceptors (Lipinski definition) is 5. The van der Waals surface area contributed by atoms with Crippen LogP contribution in [0.2, 0.25) is 0 Å². The first kappa shape index (κ1) is 14.5. The van der Waals surface area contributed by atoms with E-state index in [0.717, 1.165) is 5.69 Å². The smallest absolute Gasteiger partial charge is 0.244 e. The molecule has 0 saturated heterocycles. The topological polar surface area (TPSA) is 88.9 Å². The van der Waals surface area contributed by atoms with Gasteiger partial charge in [0.15, 0.2) is 0 Å². The molecule has 0 radical (unpaired) electrons. The lowest BCUT2D eigenvalue weighted by Gasteiger charge is -2.11. The van der Waals surface area contributed by atoms with Crippen molar-refractivity contribution in [2.45, 2.75) is 18.4 Å². The minimum atomic E-state index is -3.62. The van der Waals surface area contributed by atoms with Crippen molar-refractivity contribution in [1.82, 2.24) is 19.5 Å². The lowest BCUT2D eigenvalue weighted by molar-refractivity contribution is 0.577. The van der Waals surface area contributed by atoms with Gasteiger partial charge in [0.25, 0.3) is 0 Å². The fraction of sp³-hybridized carbons (Fsp3) is 0.333. The predicted molar refractivity (Wildman–Crippen MR) is 75.6 cm³/mol. The number of sulfonamides is 1. The molecule has 20 heavy (non-hydrogen) atoms. The molecule has 0 saturated carbocycles. The zero-order valence-corrected chi connectivity index (χ0v) is 12.2. The molecule has 2 rings (SSSR count). The average molecular weight is 295 g/mol. The van der Waals surface area contributed by atoms with Crippen molar-refractivity contribution in [1.29, 1.82) is 0 Å². The van der Waals surface area contributed by atoms with E-state index in [2.05, 4.69) is 20.1 Å². The molecule has 0 aromatic carbocycles. The summed E-state index contributed by atoms with van der Waals surface area (Å²) in [6.45, 7) is 2.72. The van der Waals surface area contributed by atoms with Crippen LogP contribution >= 0.6 is 0 Å². The molecular formula is C12H17N5O2S. The van der Waals surface area contributed by atoms with Crippen LogP contribution in [-0.2, 0) is 23.6 Å². The summed E-state index contributed by atoms with van der Waals surface area (Å²) >= 11 is 0. The van der Waals surface area contributed by atoms with E-state index in [1.54, 1.807) is 36.3 Å². The highest BCUT2D eigenvalue weighted by Crippen LogP contribution is 2.19. The van der Waals surface area contributed by atoms with Gasteiger partial charge in [-0.05, 0) is 19.1 Å². The number of hydrogen-bond donors (Lipinski definition) is 2. The van der Waals surface area contributed by atoms with Gasteiger partial charge in [0.1, 0.15) is 4.90 Å². The maximum atomic E-state index is 12.3. The molecule has 0 atom stereocenters. The Kier molecular flexibility index (Phi) is 4.35. The first-order valence-electron chi connectivity index (χ1n) is 6.19.